The standard InChI is InChI=1S/C12H15BrN4/c1-8-4-10(13)5-9(2)12(8)17-11(6-14-3)7-15-16-17/h4-5,7,14H,6H2,1-3H3. The number of nitrogens with one attached hydrogen (secondary N) is 1. The lowest BCUT2D eigenvalue weighted by molar-refractivity contribution is 0.709. The van der Waals surface area contributed by atoms with Gasteiger partial charge in [0.25, 0.3) is 0 Å². The summed E-state index contributed by atoms with van der Waals surface area (Å²) >= 11 is 3.50. The number of rotatable bonds is 3. The summed E-state index contributed by atoms with van der Waals surface area (Å²) in [6.45, 7) is 4.91. The minimum absolute atomic E-state index is 0.752. The Hall–Kier alpha value is -1.20. The van der Waals surface area contributed by atoms with Crippen LogP contribution in [-0.4, -0.2) is 22.0 Å². The first-order valence-electron chi connectivity index (χ1n) is 5.44. The largest absolute Gasteiger partial charge is 0.314 e. The first kappa shape index (κ1) is 12.3. The van der Waals surface area contributed by atoms with Crippen molar-refractivity contribution in [1.29, 1.82) is 0 Å². The predicted molar refractivity (Wildman–Crippen MR) is 71.3 cm³/mol. The molecule has 0 aliphatic heterocycles. The van der Waals surface area contributed by atoms with Gasteiger partial charge in [-0.05, 0) is 44.2 Å². The lowest BCUT2D eigenvalue weighted by Crippen LogP contribution is -2.12. The number of halogens is 1. The Labute approximate surface area is 109 Å². The highest BCUT2D eigenvalue weighted by molar-refractivity contribution is 9.10. The molecule has 0 saturated heterocycles. The van der Waals surface area contributed by atoms with Crippen LogP contribution in [0.4, 0.5) is 0 Å². The van der Waals surface area contributed by atoms with Crippen LogP contribution in [0.25, 0.3) is 5.69 Å². The Bertz CT molecular complexity index is 510. The van der Waals surface area contributed by atoms with Crippen LogP contribution in [0, 0.1) is 13.8 Å². The Balaban J connectivity index is 2.56. The molecular formula is C12H15BrN4. The molecule has 4 nitrogen and oxygen atoms in total. The van der Waals surface area contributed by atoms with Gasteiger partial charge in [0.1, 0.15) is 0 Å². The minimum Gasteiger partial charge on any atom is -0.314 e. The molecule has 1 N–H and O–H groups in total. The van der Waals surface area contributed by atoms with Crippen LogP contribution in [0.3, 0.4) is 0 Å². The van der Waals surface area contributed by atoms with Gasteiger partial charge in [0.05, 0.1) is 17.6 Å². The van der Waals surface area contributed by atoms with E-state index in [2.05, 4.69) is 57.5 Å². The summed E-state index contributed by atoms with van der Waals surface area (Å²) < 4.78 is 2.99. The summed E-state index contributed by atoms with van der Waals surface area (Å²) in [6.07, 6.45) is 1.79. The number of aromatic nitrogens is 3. The molecule has 0 spiro atoms. The molecule has 0 atom stereocenters. The zero-order valence-corrected chi connectivity index (χ0v) is 11.7. The number of nitrogens with zero attached hydrogens (tertiary/aromatic N) is 3. The fraction of sp³-hybridized carbons (Fsp3) is 0.333. The van der Waals surface area contributed by atoms with E-state index in [4.69, 9.17) is 0 Å². The van der Waals surface area contributed by atoms with Crippen LogP contribution in [0.2, 0.25) is 0 Å². The van der Waals surface area contributed by atoms with Crippen molar-refractivity contribution in [3.63, 3.8) is 0 Å². The van der Waals surface area contributed by atoms with E-state index in [0.717, 1.165) is 22.4 Å². The van der Waals surface area contributed by atoms with Crippen molar-refractivity contribution in [3.8, 4) is 5.69 Å². The van der Waals surface area contributed by atoms with Gasteiger partial charge in [0, 0.05) is 11.0 Å². The van der Waals surface area contributed by atoms with Gasteiger partial charge in [0.2, 0.25) is 0 Å². The molecular weight excluding hydrogens is 280 g/mol. The van der Waals surface area contributed by atoms with Gasteiger partial charge in [-0.1, -0.05) is 21.1 Å². The molecule has 0 unspecified atom stereocenters. The van der Waals surface area contributed by atoms with Gasteiger partial charge in [-0.3, -0.25) is 0 Å². The molecule has 0 saturated carbocycles. The Morgan fingerprint density at radius 3 is 2.53 bits per heavy atom. The monoisotopic (exact) mass is 294 g/mol. The number of hydrogen-bond donors (Lipinski definition) is 1. The number of benzene rings is 1. The number of hydrogen-bond acceptors (Lipinski definition) is 3. The molecule has 2 rings (SSSR count). The number of aryl methyl sites for hydroxylation is 2. The molecule has 1 heterocycles. The molecule has 0 radical (unpaired) electrons. The third kappa shape index (κ3) is 2.40. The maximum Gasteiger partial charge on any atom is 0.0783 e. The molecule has 0 fully saturated rings. The van der Waals surface area contributed by atoms with Gasteiger partial charge in [-0.15, -0.1) is 5.10 Å². The van der Waals surface area contributed by atoms with Crippen molar-refractivity contribution < 1.29 is 0 Å². The van der Waals surface area contributed by atoms with Gasteiger partial charge in [0.15, 0.2) is 0 Å². The molecule has 1 aromatic heterocycles. The average Bonchev–Trinajstić information content (AvgIpc) is 2.65. The van der Waals surface area contributed by atoms with E-state index in [1.54, 1.807) is 6.20 Å². The molecule has 0 bridgehead atoms. The van der Waals surface area contributed by atoms with Crippen molar-refractivity contribution in [3.05, 3.63) is 39.6 Å². The van der Waals surface area contributed by atoms with Crippen LogP contribution < -0.4 is 5.32 Å². The van der Waals surface area contributed by atoms with Crippen molar-refractivity contribution in [2.45, 2.75) is 20.4 Å². The maximum atomic E-state index is 4.17. The van der Waals surface area contributed by atoms with Crippen LogP contribution in [0.15, 0.2) is 22.8 Å². The van der Waals surface area contributed by atoms with Crippen molar-refractivity contribution in [2.75, 3.05) is 7.05 Å². The van der Waals surface area contributed by atoms with Gasteiger partial charge >= 0.3 is 0 Å². The van der Waals surface area contributed by atoms with E-state index in [1.807, 2.05) is 11.7 Å². The summed E-state index contributed by atoms with van der Waals surface area (Å²) in [6, 6.07) is 4.18. The SMILES string of the molecule is CNCc1cnnn1-c1c(C)cc(Br)cc1C. The molecule has 1 aromatic carbocycles. The Morgan fingerprint density at radius 1 is 1.29 bits per heavy atom. The van der Waals surface area contributed by atoms with E-state index in [9.17, 15) is 0 Å². The molecule has 0 aliphatic carbocycles. The van der Waals surface area contributed by atoms with E-state index in [-0.39, 0.29) is 0 Å². The quantitative estimate of drug-likeness (QED) is 0.945. The van der Waals surface area contributed by atoms with Crippen molar-refractivity contribution in [2.24, 2.45) is 0 Å². The van der Waals surface area contributed by atoms with E-state index in [0.29, 0.717) is 0 Å². The van der Waals surface area contributed by atoms with Crippen LogP contribution in [-0.2, 0) is 6.54 Å². The average molecular weight is 295 g/mol. The van der Waals surface area contributed by atoms with Gasteiger partial charge in [-0.25, -0.2) is 4.68 Å². The molecule has 90 valence electrons. The normalized spacial score (nSPS) is 10.8. The van der Waals surface area contributed by atoms with Crippen molar-refractivity contribution >= 4 is 15.9 Å². The zero-order valence-electron chi connectivity index (χ0n) is 10.2. The highest BCUT2D eigenvalue weighted by atomic mass is 79.9. The summed E-state index contributed by atoms with van der Waals surface area (Å²) in [4.78, 5) is 0. The Morgan fingerprint density at radius 2 is 1.94 bits per heavy atom. The second kappa shape index (κ2) is 4.98. The molecule has 0 aliphatic rings. The topological polar surface area (TPSA) is 42.7 Å². The minimum atomic E-state index is 0.752. The smallest absolute Gasteiger partial charge is 0.0783 e. The zero-order chi connectivity index (χ0) is 12.4. The molecule has 17 heavy (non-hydrogen) atoms. The molecule has 5 heteroatoms. The van der Waals surface area contributed by atoms with Gasteiger partial charge in [-0.2, -0.15) is 0 Å². The van der Waals surface area contributed by atoms with Gasteiger partial charge < -0.3 is 5.32 Å². The first-order chi connectivity index (χ1) is 8.13. The Kier molecular flexibility index (Phi) is 3.59. The lowest BCUT2D eigenvalue weighted by Gasteiger charge is -2.12. The lowest BCUT2D eigenvalue weighted by atomic mass is 10.1. The second-order valence-electron chi connectivity index (χ2n) is 4.06. The summed E-state index contributed by atoms with van der Waals surface area (Å²) in [5, 5.41) is 11.3. The van der Waals surface area contributed by atoms with Crippen LogP contribution in [0.1, 0.15) is 16.8 Å². The summed E-state index contributed by atoms with van der Waals surface area (Å²) in [7, 11) is 1.92. The first-order valence-corrected chi connectivity index (χ1v) is 6.24. The fourth-order valence-electron chi connectivity index (χ4n) is 1.98. The highest BCUT2D eigenvalue weighted by Crippen LogP contribution is 2.24. The van der Waals surface area contributed by atoms with E-state index < -0.39 is 0 Å². The van der Waals surface area contributed by atoms with Crippen LogP contribution in [0.5, 0.6) is 0 Å². The fourth-order valence-corrected chi connectivity index (χ4v) is 2.67. The van der Waals surface area contributed by atoms with Crippen molar-refractivity contribution in [1.82, 2.24) is 20.3 Å². The molecule has 2 aromatic rings. The molecule has 0 amide bonds. The third-order valence-electron chi connectivity index (χ3n) is 2.65. The van der Waals surface area contributed by atoms with E-state index in [1.165, 1.54) is 11.1 Å². The third-order valence-corrected chi connectivity index (χ3v) is 3.10. The second-order valence-corrected chi connectivity index (χ2v) is 4.97. The highest BCUT2D eigenvalue weighted by Gasteiger charge is 2.11. The van der Waals surface area contributed by atoms with E-state index >= 15 is 0 Å². The predicted octanol–water partition coefficient (Wildman–Crippen LogP) is 2.37. The summed E-state index contributed by atoms with van der Waals surface area (Å²) in [5.74, 6) is 0. The van der Waals surface area contributed by atoms with Crippen LogP contribution >= 0.6 is 15.9 Å². The summed E-state index contributed by atoms with van der Waals surface area (Å²) in [5.41, 5.74) is 4.52. The maximum absolute atomic E-state index is 4.17.